The largest absolute Gasteiger partial charge is 0.493 e. The molecule has 6 heteroatoms. The first-order chi connectivity index (χ1) is 9.69. The zero-order valence-electron chi connectivity index (χ0n) is 12.1. The molecule has 0 bridgehead atoms. The summed E-state index contributed by atoms with van der Waals surface area (Å²) in [5.74, 6) is 1.83. The number of anilines is 1. The molecule has 20 heavy (non-hydrogen) atoms. The molecule has 1 aromatic heterocycles. The molecule has 0 unspecified atom stereocenters. The van der Waals surface area contributed by atoms with Crippen molar-refractivity contribution in [2.24, 2.45) is 7.05 Å². The summed E-state index contributed by atoms with van der Waals surface area (Å²) in [5.41, 5.74) is 1.97. The zero-order valence-corrected chi connectivity index (χ0v) is 12.1. The number of nitrogens with zero attached hydrogens (tertiary/aromatic N) is 2. The molecule has 0 spiro atoms. The number of aryl methyl sites for hydroxylation is 1. The van der Waals surface area contributed by atoms with Crippen LogP contribution in [0.15, 0.2) is 24.4 Å². The van der Waals surface area contributed by atoms with Crippen LogP contribution in [0.3, 0.4) is 0 Å². The lowest BCUT2D eigenvalue weighted by Gasteiger charge is -2.15. The molecule has 0 atom stereocenters. The van der Waals surface area contributed by atoms with Gasteiger partial charge in [0.2, 0.25) is 5.75 Å². The molecule has 0 aliphatic heterocycles. The number of ether oxygens (including phenoxy) is 3. The van der Waals surface area contributed by atoms with Crippen LogP contribution in [0, 0.1) is 0 Å². The molecule has 0 aliphatic carbocycles. The Labute approximate surface area is 118 Å². The molecule has 0 saturated heterocycles. The van der Waals surface area contributed by atoms with Gasteiger partial charge in [0.05, 0.1) is 33.6 Å². The highest BCUT2D eigenvalue weighted by atomic mass is 16.5. The first-order valence-corrected chi connectivity index (χ1v) is 6.20. The zero-order chi connectivity index (χ0) is 14.5. The average molecular weight is 277 g/mol. The topological polar surface area (TPSA) is 57.5 Å². The van der Waals surface area contributed by atoms with E-state index in [-0.39, 0.29) is 0 Å². The molecule has 0 amide bonds. The Balaban J connectivity index is 2.21. The van der Waals surface area contributed by atoms with E-state index in [9.17, 15) is 0 Å². The molecule has 1 heterocycles. The molecular weight excluding hydrogens is 258 g/mol. The maximum Gasteiger partial charge on any atom is 0.203 e. The molecule has 2 aromatic rings. The number of hydrogen-bond acceptors (Lipinski definition) is 5. The first-order valence-electron chi connectivity index (χ1n) is 6.20. The average Bonchev–Trinajstić information content (AvgIpc) is 2.89. The van der Waals surface area contributed by atoms with Crippen molar-refractivity contribution in [2.45, 2.75) is 6.54 Å². The van der Waals surface area contributed by atoms with E-state index in [1.807, 2.05) is 29.9 Å². The number of methoxy groups -OCH3 is 3. The van der Waals surface area contributed by atoms with E-state index >= 15 is 0 Å². The fraction of sp³-hybridized carbons (Fsp3) is 0.357. The van der Waals surface area contributed by atoms with Crippen LogP contribution in [0.5, 0.6) is 17.2 Å². The summed E-state index contributed by atoms with van der Waals surface area (Å²) in [5, 5.41) is 7.44. The fourth-order valence-electron chi connectivity index (χ4n) is 1.95. The van der Waals surface area contributed by atoms with Gasteiger partial charge in [-0.15, -0.1) is 0 Å². The lowest BCUT2D eigenvalue weighted by Crippen LogP contribution is -2.06. The van der Waals surface area contributed by atoms with Crippen molar-refractivity contribution >= 4 is 5.69 Å². The number of hydrogen-bond donors (Lipinski definition) is 1. The van der Waals surface area contributed by atoms with E-state index in [4.69, 9.17) is 14.2 Å². The summed E-state index contributed by atoms with van der Waals surface area (Å²) < 4.78 is 17.8. The van der Waals surface area contributed by atoms with Crippen molar-refractivity contribution in [1.82, 2.24) is 9.78 Å². The summed E-state index contributed by atoms with van der Waals surface area (Å²) in [7, 11) is 6.69. The minimum Gasteiger partial charge on any atom is -0.493 e. The smallest absolute Gasteiger partial charge is 0.203 e. The minimum atomic E-state index is 0.584. The second kappa shape index (κ2) is 6.18. The highest BCUT2D eigenvalue weighted by molar-refractivity contribution is 5.62. The highest BCUT2D eigenvalue weighted by Gasteiger charge is 2.13. The Morgan fingerprint density at radius 2 is 1.75 bits per heavy atom. The lowest BCUT2D eigenvalue weighted by molar-refractivity contribution is 0.324. The fourth-order valence-corrected chi connectivity index (χ4v) is 1.95. The molecular formula is C14H19N3O3. The Morgan fingerprint density at radius 1 is 1.10 bits per heavy atom. The summed E-state index contributed by atoms with van der Waals surface area (Å²) >= 11 is 0. The molecule has 0 fully saturated rings. The van der Waals surface area contributed by atoms with Crippen LogP contribution in [-0.4, -0.2) is 31.1 Å². The molecule has 1 N–H and O–H groups in total. The van der Waals surface area contributed by atoms with Gasteiger partial charge in [-0.25, -0.2) is 0 Å². The summed E-state index contributed by atoms with van der Waals surface area (Å²) in [6.45, 7) is 0.662. The number of nitrogens with one attached hydrogen (secondary N) is 1. The quantitative estimate of drug-likeness (QED) is 0.876. The van der Waals surface area contributed by atoms with Crippen molar-refractivity contribution in [1.29, 1.82) is 0 Å². The second-order valence-electron chi connectivity index (χ2n) is 4.21. The van der Waals surface area contributed by atoms with Crippen molar-refractivity contribution in [3.8, 4) is 17.2 Å². The van der Waals surface area contributed by atoms with E-state index in [1.165, 1.54) is 0 Å². The first kappa shape index (κ1) is 14.0. The second-order valence-corrected chi connectivity index (χ2v) is 4.21. The Kier molecular flexibility index (Phi) is 4.34. The van der Waals surface area contributed by atoms with Crippen molar-refractivity contribution in [3.05, 3.63) is 30.1 Å². The third-order valence-corrected chi connectivity index (χ3v) is 3.06. The van der Waals surface area contributed by atoms with Gasteiger partial charge in [-0.3, -0.25) is 4.68 Å². The molecule has 0 saturated carbocycles. The minimum absolute atomic E-state index is 0.584. The SMILES string of the molecule is COc1cc(NCc2ccnn2C)cc(OC)c1OC. The maximum absolute atomic E-state index is 5.32. The molecule has 0 radical (unpaired) electrons. The van der Waals surface area contributed by atoms with Gasteiger partial charge in [-0.1, -0.05) is 0 Å². The van der Waals surface area contributed by atoms with Gasteiger partial charge in [-0.2, -0.15) is 5.10 Å². The summed E-state index contributed by atoms with van der Waals surface area (Å²) in [4.78, 5) is 0. The third-order valence-electron chi connectivity index (χ3n) is 3.06. The van der Waals surface area contributed by atoms with E-state index in [0.717, 1.165) is 11.4 Å². The molecule has 0 aliphatic rings. The van der Waals surface area contributed by atoms with Gasteiger partial charge in [0, 0.05) is 31.1 Å². The van der Waals surface area contributed by atoms with Gasteiger partial charge in [-0.05, 0) is 6.07 Å². The van der Waals surface area contributed by atoms with Crippen LogP contribution in [0.4, 0.5) is 5.69 Å². The Hall–Kier alpha value is -2.37. The summed E-state index contributed by atoms with van der Waals surface area (Å²) in [6.07, 6.45) is 1.77. The van der Waals surface area contributed by atoms with E-state index in [2.05, 4.69) is 10.4 Å². The van der Waals surface area contributed by atoms with Crippen molar-refractivity contribution in [2.75, 3.05) is 26.6 Å². The summed E-state index contributed by atoms with van der Waals surface area (Å²) in [6, 6.07) is 5.71. The van der Waals surface area contributed by atoms with Crippen LogP contribution in [-0.2, 0) is 13.6 Å². The molecule has 108 valence electrons. The number of rotatable bonds is 6. The van der Waals surface area contributed by atoms with Crippen molar-refractivity contribution in [3.63, 3.8) is 0 Å². The van der Waals surface area contributed by atoms with Crippen LogP contribution < -0.4 is 19.5 Å². The van der Waals surface area contributed by atoms with Gasteiger partial charge in [0.25, 0.3) is 0 Å². The van der Waals surface area contributed by atoms with Gasteiger partial charge >= 0.3 is 0 Å². The molecule has 6 nitrogen and oxygen atoms in total. The predicted molar refractivity (Wildman–Crippen MR) is 76.6 cm³/mol. The van der Waals surface area contributed by atoms with E-state index in [1.54, 1.807) is 27.5 Å². The standard InChI is InChI=1S/C14H19N3O3/c1-17-11(5-6-16-17)9-15-10-7-12(18-2)14(20-4)13(8-10)19-3/h5-8,15H,9H2,1-4H3. The van der Waals surface area contributed by atoms with Gasteiger partial charge < -0.3 is 19.5 Å². The van der Waals surface area contributed by atoms with E-state index in [0.29, 0.717) is 23.8 Å². The van der Waals surface area contributed by atoms with Crippen LogP contribution in [0.25, 0.3) is 0 Å². The maximum atomic E-state index is 5.32. The number of benzene rings is 1. The van der Waals surface area contributed by atoms with Crippen LogP contribution in [0.1, 0.15) is 5.69 Å². The van der Waals surface area contributed by atoms with Crippen molar-refractivity contribution < 1.29 is 14.2 Å². The molecule has 1 aromatic carbocycles. The van der Waals surface area contributed by atoms with E-state index < -0.39 is 0 Å². The van der Waals surface area contributed by atoms with Crippen LogP contribution in [0.2, 0.25) is 0 Å². The molecule has 2 rings (SSSR count). The normalized spacial score (nSPS) is 10.2. The number of aromatic nitrogens is 2. The van der Waals surface area contributed by atoms with Crippen LogP contribution >= 0.6 is 0 Å². The van der Waals surface area contributed by atoms with Gasteiger partial charge in [0.1, 0.15) is 0 Å². The Bertz CT molecular complexity index is 556. The monoisotopic (exact) mass is 277 g/mol. The Morgan fingerprint density at radius 3 is 2.20 bits per heavy atom. The van der Waals surface area contributed by atoms with Gasteiger partial charge in [0.15, 0.2) is 11.5 Å². The highest BCUT2D eigenvalue weighted by Crippen LogP contribution is 2.39. The predicted octanol–water partition coefficient (Wildman–Crippen LogP) is 2.06. The third kappa shape index (κ3) is 2.79. The lowest BCUT2D eigenvalue weighted by atomic mass is 10.2.